The molecule has 0 atom stereocenters. The van der Waals surface area contributed by atoms with Crippen LogP contribution in [-0.4, -0.2) is 22.7 Å². The van der Waals surface area contributed by atoms with E-state index >= 15 is 0 Å². The summed E-state index contributed by atoms with van der Waals surface area (Å²) in [7, 11) is 0. The van der Waals surface area contributed by atoms with Crippen molar-refractivity contribution in [2.24, 2.45) is 0 Å². The third-order valence-corrected chi connectivity index (χ3v) is 4.48. The molecule has 1 N–H and O–H groups in total. The van der Waals surface area contributed by atoms with E-state index in [1.807, 2.05) is 31.2 Å². The van der Waals surface area contributed by atoms with Gasteiger partial charge in [0.25, 0.3) is 11.8 Å². The molecule has 0 aliphatic rings. The van der Waals surface area contributed by atoms with Crippen LogP contribution >= 0.6 is 0 Å². The van der Waals surface area contributed by atoms with Gasteiger partial charge >= 0.3 is 0 Å². The third kappa shape index (κ3) is 5.28. The van der Waals surface area contributed by atoms with E-state index in [9.17, 15) is 9.18 Å². The lowest BCUT2D eigenvalue weighted by atomic mass is 10.2. The molecule has 0 aliphatic carbocycles. The van der Waals surface area contributed by atoms with Crippen molar-refractivity contribution in [2.45, 2.75) is 13.5 Å². The van der Waals surface area contributed by atoms with Crippen molar-refractivity contribution < 1.29 is 23.2 Å². The average Bonchev–Trinajstić information content (AvgIpc) is 3.28. The van der Waals surface area contributed by atoms with E-state index in [1.165, 1.54) is 12.1 Å². The number of para-hydroxylation sites is 2. The van der Waals surface area contributed by atoms with Crippen LogP contribution in [0.4, 0.5) is 10.1 Å². The van der Waals surface area contributed by atoms with Gasteiger partial charge in [0.2, 0.25) is 5.82 Å². The second kappa shape index (κ2) is 9.74. The fraction of sp³-hybridized carbons (Fsp3) is 0.125. The molecule has 0 aliphatic heterocycles. The molecule has 1 heterocycles. The summed E-state index contributed by atoms with van der Waals surface area (Å²) < 4.78 is 30.0. The van der Waals surface area contributed by atoms with Crippen molar-refractivity contribution in [3.63, 3.8) is 0 Å². The van der Waals surface area contributed by atoms with E-state index in [2.05, 4.69) is 15.5 Å². The fourth-order valence-electron chi connectivity index (χ4n) is 2.88. The summed E-state index contributed by atoms with van der Waals surface area (Å²) in [4.78, 5) is 16.5. The van der Waals surface area contributed by atoms with Crippen LogP contribution in [-0.2, 0) is 11.4 Å². The normalized spacial score (nSPS) is 10.6. The highest BCUT2D eigenvalue weighted by atomic mass is 19.1. The zero-order valence-electron chi connectivity index (χ0n) is 17.2. The van der Waals surface area contributed by atoms with Crippen molar-refractivity contribution in [2.75, 3.05) is 11.9 Å². The summed E-state index contributed by atoms with van der Waals surface area (Å²) in [6.45, 7) is 1.70. The molecule has 0 saturated heterocycles. The van der Waals surface area contributed by atoms with Gasteiger partial charge in [0.15, 0.2) is 24.8 Å². The quantitative estimate of drug-likeness (QED) is 0.430. The van der Waals surface area contributed by atoms with E-state index in [4.69, 9.17) is 14.0 Å². The van der Waals surface area contributed by atoms with Crippen LogP contribution < -0.4 is 14.8 Å². The Morgan fingerprint density at radius 1 is 0.969 bits per heavy atom. The Balaban J connectivity index is 1.39. The number of ether oxygens (including phenoxy) is 2. The number of anilines is 1. The standard InChI is InChI=1S/C24H20FN3O4/c1-16-10-12-17(13-11-16)26-22(29)14-30-20-8-4-2-6-18(20)24-27-23(32-28-24)15-31-21-9-5-3-7-19(21)25/h2-13H,14-15H2,1H3,(H,26,29). The van der Waals surface area contributed by atoms with Gasteiger partial charge in [-0.25, -0.2) is 4.39 Å². The number of carbonyl (C=O) groups excluding carboxylic acids is 1. The Kier molecular flexibility index (Phi) is 6.41. The number of hydrogen-bond acceptors (Lipinski definition) is 6. The van der Waals surface area contributed by atoms with E-state index in [1.54, 1.807) is 36.4 Å². The van der Waals surface area contributed by atoms with Crippen LogP contribution in [0.1, 0.15) is 11.5 Å². The number of carbonyl (C=O) groups is 1. The fourth-order valence-corrected chi connectivity index (χ4v) is 2.88. The minimum absolute atomic E-state index is 0.0874. The highest BCUT2D eigenvalue weighted by Crippen LogP contribution is 2.28. The first-order valence-corrected chi connectivity index (χ1v) is 9.87. The molecule has 7 nitrogen and oxygen atoms in total. The molecule has 4 rings (SSSR count). The molecule has 1 amide bonds. The van der Waals surface area contributed by atoms with Gasteiger partial charge in [0.1, 0.15) is 5.75 Å². The van der Waals surface area contributed by atoms with Gasteiger partial charge in [-0.3, -0.25) is 4.79 Å². The lowest BCUT2D eigenvalue weighted by molar-refractivity contribution is -0.118. The maximum Gasteiger partial charge on any atom is 0.264 e. The van der Waals surface area contributed by atoms with Gasteiger partial charge in [-0.15, -0.1) is 0 Å². The SMILES string of the molecule is Cc1ccc(NC(=O)COc2ccccc2-c2noc(COc3ccccc3F)n2)cc1. The number of amides is 1. The maximum atomic E-state index is 13.7. The van der Waals surface area contributed by atoms with E-state index in [-0.39, 0.29) is 36.6 Å². The number of aryl methyl sites for hydroxylation is 1. The number of aromatic nitrogens is 2. The summed E-state index contributed by atoms with van der Waals surface area (Å²) in [5.74, 6) is 0.192. The average molecular weight is 433 g/mol. The van der Waals surface area contributed by atoms with Gasteiger partial charge in [-0.05, 0) is 43.3 Å². The molecule has 8 heteroatoms. The van der Waals surface area contributed by atoms with Gasteiger partial charge in [-0.1, -0.05) is 47.1 Å². The first kappa shape index (κ1) is 21.0. The van der Waals surface area contributed by atoms with Gasteiger partial charge in [0.05, 0.1) is 5.56 Å². The Morgan fingerprint density at radius 3 is 2.47 bits per heavy atom. The van der Waals surface area contributed by atoms with E-state index in [0.29, 0.717) is 17.0 Å². The number of rotatable bonds is 8. The van der Waals surface area contributed by atoms with Crippen molar-refractivity contribution in [1.29, 1.82) is 0 Å². The second-order valence-corrected chi connectivity index (χ2v) is 6.93. The first-order valence-electron chi connectivity index (χ1n) is 9.87. The molecular formula is C24H20FN3O4. The summed E-state index contributed by atoms with van der Waals surface area (Å²) in [6, 6.07) is 20.6. The Hall–Kier alpha value is -4.20. The topological polar surface area (TPSA) is 86.5 Å². The minimum atomic E-state index is -0.477. The van der Waals surface area contributed by atoms with E-state index < -0.39 is 5.82 Å². The molecule has 0 radical (unpaired) electrons. The molecule has 0 saturated carbocycles. The van der Waals surface area contributed by atoms with Crippen LogP contribution in [0.5, 0.6) is 11.5 Å². The molecule has 0 fully saturated rings. The lowest BCUT2D eigenvalue weighted by Crippen LogP contribution is -2.20. The van der Waals surface area contributed by atoms with Crippen LogP contribution in [0.15, 0.2) is 77.3 Å². The van der Waals surface area contributed by atoms with Crippen molar-refractivity contribution in [3.05, 3.63) is 90.1 Å². The molecule has 0 spiro atoms. The highest BCUT2D eigenvalue weighted by Gasteiger charge is 2.15. The predicted molar refractivity (Wildman–Crippen MR) is 116 cm³/mol. The Labute approximate surface area is 183 Å². The Morgan fingerprint density at radius 2 is 1.69 bits per heavy atom. The zero-order valence-corrected chi connectivity index (χ0v) is 17.2. The highest BCUT2D eigenvalue weighted by molar-refractivity contribution is 5.92. The number of nitrogens with one attached hydrogen (secondary N) is 1. The van der Waals surface area contributed by atoms with Crippen molar-refractivity contribution in [3.8, 4) is 22.9 Å². The molecule has 0 bridgehead atoms. The molecule has 0 unspecified atom stereocenters. The van der Waals surface area contributed by atoms with Crippen LogP contribution in [0, 0.1) is 12.7 Å². The summed E-state index contributed by atoms with van der Waals surface area (Å²) in [5, 5.41) is 6.72. The second-order valence-electron chi connectivity index (χ2n) is 6.93. The smallest absolute Gasteiger partial charge is 0.264 e. The Bertz CT molecular complexity index is 1210. The largest absolute Gasteiger partial charge is 0.483 e. The van der Waals surface area contributed by atoms with Gasteiger partial charge < -0.3 is 19.3 Å². The molecule has 4 aromatic rings. The van der Waals surface area contributed by atoms with E-state index in [0.717, 1.165) is 5.56 Å². The molecular weight excluding hydrogens is 413 g/mol. The van der Waals surface area contributed by atoms with Crippen LogP contribution in [0.2, 0.25) is 0 Å². The molecule has 1 aromatic heterocycles. The number of benzene rings is 3. The molecule has 3 aromatic carbocycles. The molecule has 32 heavy (non-hydrogen) atoms. The van der Waals surface area contributed by atoms with Gasteiger partial charge in [0, 0.05) is 5.69 Å². The number of hydrogen-bond donors (Lipinski definition) is 1. The van der Waals surface area contributed by atoms with Crippen LogP contribution in [0.3, 0.4) is 0 Å². The summed E-state index contributed by atoms with van der Waals surface area (Å²) in [5.41, 5.74) is 2.35. The van der Waals surface area contributed by atoms with Crippen molar-refractivity contribution >= 4 is 11.6 Å². The zero-order chi connectivity index (χ0) is 22.3. The monoisotopic (exact) mass is 433 g/mol. The third-order valence-electron chi connectivity index (χ3n) is 4.48. The summed E-state index contributed by atoms with van der Waals surface area (Å²) in [6.07, 6.45) is 0. The predicted octanol–water partition coefficient (Wildman–Crippen LogP) is 4.78. The summed E-state index contributed by atoms with van der Waals surface area (Å²) >= 11 is 0. The van der Waals surface area contributed by atoms with Crippen LogP contribution in [0.25, 0.3) is 11.4 Å². The number of halogens is 1. The maximum absolute atomic E-state index is 13.7. The lowest BCUT2D eigenvalue weighted by Gasteiger charge is -2.10. The first-order chi connectivity index (χ1) is 15.6. The number of nitrogens with zero attached hydrogens (tertiary/aromatic N) is 2. The minimum Gasteiger partial charge on any atom is -0.483 e. The molecule has 162 valence electrons. The van der Waals surface area contributed by atoms with Gasteiger partial charge in [-0.2, -0.15) is 4.98 Å². The van der Waals surface area contributed by atoms with Crippen molar-refractivity contribution in [1.82, 2.24) is 10.1 Å².